The number of nitrogens with zero attached hydrogens (tertiary/aromatic N) is 6. The molecule has 2 aliphatic rings. The summed E-state index contributed by atoms with van der Waals surface area (Å²) in [5, 5.41) is 20.2. The standard InChI is InChI=1S/C28H40N6O3/c1-6-8-19-9-12-25(35)34(16-19)18-24-26(30-31-32(24)5)22-10-11-23(21(7-2)29-22)33-14-13-20(17-33)15-28(3,4)27(36)37/h9-12,16,20,24,26H,6-8,13-15,17-18H2,1-5H3,(H,36,37)/t20-,24?,26?/m1/s1. The molecule has 1 saturated heterocycles. The van der Waals surface area contributed by atoms with E-state index in [0.29, 0.717) is 18.9 Å². The number of hydrogen-bond acceptors (Lipinski definition) is 7. The van der Waals surface area contributed by atoms with E-state index in [4.69, 9.17) is 4.98 Å². The van der Waals surface area contributed by atoms with Crippen molar-refractivity contribution < 1.29 is 9.90 Å². The van der Waals surface area contributed by atoms with Gasteiger partial charge < -0.3 is 14.6 Å². The lowest BCUT2D eigenvalue weighted by Gasteiger charge is -2.26. The van der Waals surface area contributed by atoms with Gasteiger partial charge in [-0.05, 0) is 63.1 Å². The summed E-state index contributed by atoms with van der Waals surface area (Å²) in [6, 6.07) is 7.36. The van der Waals surface area contributed by atoms with Crippen molar-refractivity contribution in [2.75, 3.05) is 25.0 Å². The van der Waals surface area contributed by atoms with E-state index >= 15 is 0 Å². The number of carboxylic acid groups (broad SMARTS) is 1. The van der Waals surface area contributed by atoms with Crippen molar-refractivity contribution in [2.45, 2.75) is 78.4 Å². The van der Waals surface area contributed by atoms with Crippen LogP contribution in [0.4, 0.5) is 5.69 Å². The molecule has 3 atom stereocenters. The number of anilines is 1. The lowest BCUT2D eigenvalue weighted by Crippen LogP contribution is -2.36. The number of carboxylic acids is 1. The van der Waals surface area contributed by atoms with E-state index < -0.39 is 11.4 Å². The van der Waals surface area contributed by atoms with Crippen molar-refractivity contribution in [3.05, 3.63) is 57.8 Å². The van der Waals surface area contributed by atoms with Gasteiger partial charge in [0.15, 0.2) is 0 Å². The maximum absolute atomic E-state index is 12.6. The second-order valence-electron chi connectivity index (χ2n) is 11.1. The van der Waals surface area contributed by atoms with Gasteiger partial charge >= 0.3 is 5.97 Å². The van der Waals surface area contributed by atoms with Gasteiger partial charge in [0, 0.05) is 32.4 Å². The molecule has 0 amide bonds. The Morgan fingerprint density at radius 1 is 1.19 bits per heavy atom. The molecule has 9 heteroatoms. The van der Waals surface area contributed by atoms with Crippen LogP contribution in [-0.2, 0) is 24.2 Å². The molecule has 0 aliphatic carbocycles. The summed E-state index contributed by atoms with van der Waals surface area (Å²) in [6.45, 7) is 10.1. The van der Waals surface area contributed by atoms with Crippen LogP contribution < -0.4 is 10.5 Å². The van der Waals surface area contributed by atoms with Gasteiger partial charge in [-0.2, -0.15) is 5.11 Å². The zero-order chi connectivity index (χ0) is 26.7. The van der Waals surface area contributed by atoms with Gasteiger partial charge in [-0.3, -0.25) is 19.6 Å². The van der Waals surface area contributed by atoms with Gasteiger partial charge in [0.05, 0.1) is 35.1 Å². The number of hydrogen-bond donors (Lipinski definition) is 1. The molecule has 4 heterocycles. The number of aryl methyl sites for hydroxylation is 2. The van der Waals surface area contributed by atoms with Crippen LogP contribution in [0, 0.1) is 11.3 Å². The Labute approximate surface area is 219 Å². The number of aliphatic carboxylic acids is 1. The summed E-state index contributed by atoms with van der Waals surface area (Å²) in [4.78, 5) is 31.6. The minimum atomic E-state index is -0.740. The lowest BCUT2D eigenvalue weighted by atomic mass is 9.82. The topological polar surface area (TPSA) is 103 Å². The number of carbonyl (C=O) groups is 1. The predicted octanol–water partition coefficient (Wildman–Crippen LogP) is 4.51. The summed E-state index contributed by atoms with van der Waals surface area (Å²) < 4.78 is 1.77. The highest BCUT2D eigenvalue weighted by molar-refractivity contribution is 5.73. The highest BCUT2D eigenvalue weighted by atomic mass is 16.4. The monoisotopic (exact) mass is 508 g/mol. The number of pyridine rings is 2. The van der Waals surface area contributed by atoms with Crippen LogP contribution in [0.15, 0.2) is 45.6 Å². The van der Waals surface area contributed by atoms with E-state index in [1.807, 2.05) is 44.2 Å². The SMILES string of the molecule is CCCc1ccc(=O)n(CC2C(c3ccc(N4CC[C@H](CC(C)(C)C(=O)O)C4)c(CC)n3)N=NN2C)c1. The largest absolute Gasteiger partial charge is 0.481 e. The average Bonchev–Trinajstić information content (AvgIpc) is 3.47. The predicted molar refractivity (Wildman–Crippen MR) is 144 cm³/mol. The number of rotatable bonds is 10. The second-order valence-corrected chi connectivity index (χ2v) is 11.1. The maximum Gasteiger partial charge on any atom is 0.309 e. The molecule has 2 aromatic rings. The van der Waals surface area contributed by atoms with Crippen LogP contribution in [0.5, 0.6) is 0 Å². The molecular weight excluding hydrogens is 468 g/mol. The molecule has 0 spiro atoms. The zero-order valence-corrected chi connectivity index (χ0v) is 22.7. The van der Waals surface area contributed by atoms with Crippen LogP contribution in [0.25, 0.3) is 0 Å². The minimum Gasteiger partial charge on any atom is -0.481 e. The quantitative estimate of drug-likeness (QED) is 0.507. The Hall–Kier alpha value is -3.23. The van der Waals surface area contributed by atoms with Crippen molar-refractivity contribution >= 4 is 11.7 Å². The smallest absolute Gasteiger partial charge is 0.309 e. The first-order valence-corrected chi connectivity index (χ1v) is 13.4. The van der Waals surface area contributed by atoms with Crippen LogP contribution in [-0.4, -0.2) is 51.8 Å². The third kappa shape index (κ3) is 5.86. The highest BCUT2D eigenvalue weighted by Gasteiger charge is 2.36. The number of likely N-dealkylation sites (N-methyl/N-ethyl adjacent to an activating group) is 1. The molecule has 0 radical (unpaired) electrons. The fourth-order valence-electron chi connectivity index (χ4n) is 5.57. The summed E-state index contributed by atoms with van der Waals surface area (Å²) in [5.41, 5.74) is 3.40. The first kappa shape index (κ1) is 26.8. The molecule has 1 fully saturated rings. The second kappa shape index (κ2) is 11.0. The summed E-state index contributed by atoms with van der Waals surface area (Å²) >= 11 is 0. The van der Waals surface area contributed by atoms with Gasteiger partial charge in [-0.25, -0.2) is 0 Å². The van der Waals surface area contributed by atoms with Gasteiger partial charge in [-0.15, -0.1) is 0 Å². The van der Waals surface area contributed by atoms with E-state index in [9.17, 15) is 14.7 Å². The Morgan fingerprint density at radius 2 is 1.97 bits per heavy atom. The first-order valence-electron chi connectivity index (χ1n) is 13.4. The van der Waals surface area contributed by atoms with Gasteiger partial charge in [0.1, 0.15) is 6.04 Å². The molecule has 9 nitrogen and oxygen atoms in total. The average molecular weight is 509 g/mol. The van der Waals surface area contributed by atoms with Crippen molar-refractivity contribution in [1.29, 1.82) is 0 Å². The van der Waals surface area contributed by atoms with Crippen molar-refractivity contribution in [2.24, 2.45) is 21.7 Å². The molecule has 37 heavy (non-hydrogen) atoms. The van der Waals surface area contributed by atoms with Crippen LogP contribution in [0.1, 0.15) is 70.0 Å². The van der Waals surface area contributed by atoms with Crippen LogP contribution >= 0.6 is 0 Å². The molecular formula is C28H40N6O3. The molecule has 200 valence electrons. The van der Waals surface area contributed by atoms with E-state index in [-0.39, 0.29) is 17.6 Å². The molecule has 0 bridgehead atoms. The normalized spacial score (nSPS) is 21.7. The maximum atomic E-state index is 12.6. The van der Waals surface area contributed by atoms with E-state index in [1.165, 1.54) is 0 Å². The van der Waals surface area contributed by atoms with E-state index in [2.05, 4.69) is 35.2 Å². The summed E-state index contributed by atoms with van der Waals surface area (Å²) in [7, 11) is 1.90. The Balaban J connectivity index is 1.52. The third-order valence-electron chi connectivity index (χ3n) is 7.74. The third-order valence-corrected chi connectivity index (χ3v) is 7.74. The molecule has 4 rings (SSSR count). The Morgan fingerprint density at radius 3 is 2.68 bits per heavy atom. The molecule has 0 aromatic carbocycles. The van der Waals surface area contributed by atoms with E-state index in [1.54, 1.807) is 10.6 Å². The molecule has 0 saturated carbocycles. The molecule has 2 unspecified atom stereocenters. The summed E-state index contributed by atoms with van der Waals surface area (Å²) in [5.74, 6) is -0.394. The van der Waals surface area contributed by atoms with Crippen molar-refractivity contribution in [3.8, 4) is 0 Å². The van der Waals surface area contributed by atoms with Crippen molar-refractivity contribution in [3.63, 3.8) is 0 Å². The van der Waals surface area contributed by atoms with Gasteiger partial charge in [-0.1, -0.05) is 31.6 Å². The molecule has 2 aliphatic heterocycles. The highest BCUT2D eigenvalue weighted by Crippen LogP contribution is 2.36. The van der Waals surface area contributed by atoms with Crippen LogP contribution in [0.3, 0.4) is 0 Å². The van der Waals surface area contributed by atoms with E-state index in [0.717, 1.165) is 61.4 Å². The molecule has 2 aromatic heterocycles. The van der Waals surface area contributed by atoms with Gasteiger partial charge in [0.25, 0.3) is 5.56 Å². The van der Waals surface area contributed by atoms with Gasteiger partial charge in [0.2, 0.25) is 0 Å². The fraction of sp³-hybridized carbons (Fsp3) is 0.607. The first-order chi connectivity index (χ1) is 17.6. The summed E-state index contributed by atoms with van der Waals surface area (Å²) in [6.07, 6.45) is 6.36. The lowest BCUT2D eigenvalue weighted by molar-refractivity contribution is -0.147. The number of aromatic nitrogens is 2. The molecule has 1 N–H and O–H groups in total. The zero-order valence-electron chi connectivity index (χ0n) is 22.7. The Kier molecular flexibility index (Phi) is 7.99. The minimum absolute atomic E-state index is 0.0221. The Bertz CT molecular complexity index is 1210. The fourth-order valence-corrected chi connectivity index (χ4v) is 5.57. The van der Waals surface area contributed by atoms with Crippen molar-refractivity contribution in [1.82, 2.24) is 14.6 Å². The van der Waals surface area contributed by atoms with Crippen LogP contribution in [0.2, 0.25) is 0 Å².